The quantitative estimate of drug-likeness (QED) is 0.538. The minimum absolute atomic E-state index is 0.0134. The Balaban J connectivity index is 1.85. The Hall–Kier alpha value is -3.56. The molecule has 0 amide bonds. The highest BCUT2D eigenvalue weighted by Crippen LogP contribution is 2.31. The Kier molecular flexibility index (Phi) is 7.25. The van der Waals surface area contributed by atoms with Gasteiger partial charge in [-0.05, 0) is 18.1 Å². The van der Waals surface area contributed by atoms with Gasteiger partial charge in [-0.3, -0.25) is 0 Å². The van der Waals surface area contributed by atoms with Crippen molar-refractivity contribution in [2.24, 2.45) is 0 Å². The first-order valence-electron chi connectivity index (χ1n) is 9.12. The number of alkyl halides is 2. The monoisotopic (exact) mass is 417 g/mol. The molecule has 0 aliphatic rings. The lowest BCUT2D eigenvalue weighted by atomic mass is 10.1. The van der Waals surface area contributed by atoms with Crippen LogP contribution in [0.5, 0.6) is 17.8 Å². The van der Waals surface area contributed by atoms with E-state index in [9.17, 15) is 8.78 Å². The number of nitrogens with one attached hydrogen (secondary N) is 1. The van der Waals surface area contributed by atoms with Crippen LogP contribution in [0.25, 0.3) is 11.3 Å². The summed E-state index contributed by atoms with van der Waals surface area (Å²) >= 11 is 0. The van der Waals surface area contributed by atoms with Crippen LogP contribution in [0.4, 0.5) is 14.5 Å². The van der Waals surface area contributed by atoms with Crippen LogP contribution in [-0.4, -0.2) is 54.0 Å². The van der Waals surface area contributed by atoms with Crippen LogP contribution in [0.15, 0.2) is 42.6 Å². The van der Waals surface area contributed by atoms with Crippen LogP contribution >= 0.6 is 0 Å². The smallest absolute Gasteiger partial charge is 0.319 e. The Bertz CT molecular complexity index is 960. The fourth-order valence-corrected chi connectivity index (χ4v) is 2.65. The molecule has 30 heavy (non-hydrogen) atoms. The van der Waals surface area contributed by atoms with E-state index >= 15 is 0 Å². The molecule has 2 heterocycles. The Morgan fingerprint density at radius 2 is 1.83 bits per heavy atom. The van der Waals surface area contributed by atoms with Crippen molar-refractivity contribution in [1.82, 2.24) is 20.2 Å². The highest BCUT2D eigenvalue weighted by atomic mass is 19.3. The zero-order chi connectivity index (χ0) is 21.3. The van der Waals surface area contributed by atoms with Crippen molar-refractivity contribution in [2.75, 3.05) is 32.7 Å². The van der Waals surface area contributed by atoms with Crippen LogP contribution < -0.4 is 19.5 Å². The summed E-state index contributed by atoms with van der Waals surface area (Å²) in [5.74, 6) is 0.230. The summed E-state index contributed by atoms with van der Waals surface area (Å²) in [5, 5.41) is 11.2. The molecule has 0 radical (unpaired) electrons. The number of aromatic nitrogens is 4. The molecular formula is C20H21F2N5O3. The van der Waals surface area contributed by atoms with Crippen LogP contribution in [0.3, 0.4) is 0 Å². The third-order valence-corrected chi connectivity index (χ3v) is 4.06. The van der Waals surface area contributed by atoms with E-state index in [2.05, 4.69) is 25.5 Å². The van der Waals surface area contributed by atoms with Crippen LogP contribution in [0, 0.1) is 0 Å². The Labute approximate surface area is 172 Å². The van der Waals surface area contributed by atoms with E-state index in [1.807, 2.05) is 30.3 Å². The number of halogens is 2. The molecule has 0 aliphatic heterocycles. The van der Waals surface area contributed by atoms with Gasteiger partial charge in [0, 0.05) is 12.7 Å². The van der Waals surface area contributed by atoms with E-state index in [0.29, 0.717) is 23.5 Å². The maximum atomic E-state index is 12.6. The number of rotatable bonds is 10. The molecule has 158 valence electrons. The summed E-state index contributed by atoms with van der Waals surface area (Å²) in [6, 6.07) is 11.6. The average Bonchev–Trinajstić information content (AvgIpc) is 2.78. The summed E-state index contributed by atoms with van der Waals surface area (Å²) in [4.78, 5) is 8.19. The third kappa shape index (κ3) is 5.49. The minimum atomic E-state index is -2.63. The van der Waals surface area contributed by atoms with Gasteiger partial charge >= 0.3 is 6.01 Å². The largest absolute Gasteiger partial charge is 0.480 e. The van der Waals surface area contributed by atoms with Crippen molar-refractivity contribution in [3.8, 4) is 29.0 Å². The van der Waals surface area contributed by atoms with E-state index < -0.39 is 13.0 Å². The predicted octanol–water partition coefficient (Wildman–Crippen LogP) is 3.25. The van der Waals surface area contributed by atoms with Crippen molar-refractivity contribution in [3.63, 3.8) is 0 Å². The van der Waals surface area contributed by atoms with E-state index in [1.54, 1.807) is 6.07 Å². The number of ether oxygens (including phenoxy) is 3. The number of hydrogen-bond donors (Lipinski definition) is 1. The molecule has 3 aromatic rings. The molecule has 2 aromatic heterocycles. The second kappa shape index (κ2) is 10.3. The number of hydrogen-bond acceptors (Lipinski definition) is 8. The average molecular weight is 417 g/mol. The summed E-state index contributed by atoms with van der Waals surface area (Å²) < 4.78 is 40.6. The summed E-state index contributed by atoms with van der Waals surface area (Å²) in [6.07, 6.45) is -0.414. The van der Waals surface area contributed by atoms with Gasteiger partial charge in [-0.2, -0.15) is 4.98 Å². The van der Waals surface area contributed by atoms with E-state index in [-0.39, 0.29) is 17.8 Å². The lowest BCUT2D eigenvalue weighted by Gasteiger charge is -2.14. The van der Waals surface area contributed by atoms with Gasteiger partial charge in [0.1, 0.15) is 11.4 Å². The first kappa shape index (κ1) is 21.2. The summed E-state index contributed by atoms with van der Waals surface area (Å²) in [7, 11) is 2.90. The molecule has 0 fully saturated rings. The van der Waals surface area contributed by atoms with Gasteiger partial charge in [-0.25, -0.2) is 13.8 Å². The number of anilines is 1. The summed E-state index contributed by atoms with van der Waals surface area (Å²) in [6.45, 7) is -0.243. The minimum Gasteiger partial charge on any atom is -0.480 e. The van der Waals surface area contributed by atoms with E-state index in [1.165, 1.54) is 20.4 Å². The van der Waals surface area contributed by atoms with Gasteiger partial charge in [-0.15, -0.1) is 10.2 Å². The number of nitrogens with zero attached hydrogens (tertiary/aromatic N) is 4. The molecule has 1 N–H and O–H groups in total. The zero-order valence-corrected chi connectivity index (χ0v) is 16.5. The highest BCUT2D eigenvalue weighted by molar-refractivity contribution is 5.69. The standard InChI is InChI=1S/C20H21F2N5O3/c1-28-18-14(11-24-20(25-18)29-2)15-10-16(19(27-26-15)30-12-17(21)22)23-9-8-13-6-4-3-5-7-13/h3-7,10-11,17H,8-9,12H2,1-2H3,(H,23,26). The molecule has 8 nitrogen and oxygen atoms in total. The van der Waals surface area contributed by atoms with Gasteiger partial charge < -0.3 is 19.5 Å². The molecule has 0 atom stereocenters. The Morgan fingerprint density at radius 3 is 2.53 bits per heavy atom. The van der Waals surface area contributed by atoms with E-state index in [0.717, 1.165) is 12.0 Å². The Morgan fingerprint density at radius 1 is 1.03 bits per heavy atom. The van der Waals surface area contributed by atoms with Crippen molar-refractivity contribution in [1.29, 1.82) is 0 Å². The molecular weight excluding hydrogens is 396 g/mol. The van der Waals surface area contributed by atoms with Gasteiger partial charge in [0.25, 0.3) is 12.3 Å². The second-order valence-electron chi connectivity index (χ2n) is 6.09. The first-order valence-corrected chi connectivity index (χ1v) is 9.12. The molecule has 0 aliphatic carbocycles. The molecule has 0 spiro atoms. The maximum absolute atomic E-state index is 12.6. The predicted molar refractivity (Wildman–Crippen MR) is 106 cm³/mol. The van der Waals surface area contributed by atoms with E-state index in [4.69, 9.17) is 14.2 Å². The van der Waals surface area contributed by atoms with Crippen molar-refractivity contribution in [3.05, 3.63) is 48.2 Å². The fraction of sp³-hybridized carbons (Fsp3) is 0.300. The van der Waals surface area contributed by atoms with Gasteiger partial charge in [0.05, 0.1) is 19.8 Å². The first-order chi connectivity index (χ1) is 14.6. The van der Waals surface area contributed by atoms with Crippen molar-refractivity contribution >= 4 is 5.69 Å². The lowest BCUT2D eigenvalue weighted by Crippen LogP contribution is -2.13. The van der Waals surface area contributed by atoms with Crippen molar-refractivity contribution < 1.29 is 23.0 Å². The fourth-order valence-electron chi connectivity index (χ4n) is 2.65. The highest BCUT2D eigenvalue weighted by Gasteiger charge is 2.17. The number of methoxy groups -OCH3 is 2. The molecule has 0 bridgehead atoms. The molecule has 0 saturated carbocycles. The lowest BCUT2D eigenvalue weighted by molar-refractivity contribution is 0.0795. The second-order valence-corrected chi connectivity index (χ2v) is 6.09. The van der Waals surface area contributed by atoms with Crippen LogP contribution in [0.2, 0.25) is 0 Å². The molecule has 0 saturated heterocycles. The molecule has 3 rings (SSSR count). The van der Waals surface area contributed by atoms with Crippen molar-refractivity contribution in [2.45, 2.75) is 12.8 Å². The molecule has 1 aromatic carbocycles. The van der Waals surface area contributed by atoms with Gasteiger partial charge in [0.2, 0.25) is 5.88 Å². The molecule has 10 heteroatoms. The zero-order valence-electron chi connectivity index (χ0n) is 16.5. The van der Waals surface area contributed by atoms with Gasteiger partial charge in [0.15, 0.2) is 6.61 Å². The summed E-state index contributed by atoms with van der Waals surface area (Å²) in [5.41, 5.74) is 2.42. The SMILES string of the molecule is COc1ncc(-c2cc(NCCc3ccccc3)c(OCC(F)F)nn2)c(OC)n1. The topological polar surface area (TPSA) is 91.3 Å². The normalized spacial score (nSPS) is 10.7. The maximum Gasteiger partial charge on any atom is 0.319 e. The van der Waals surface area contributed by atoms with Gasteiger partial charge in [-0.1, -0.05) is 30.3 Å². The van der Waals surface area contributed by atoms with Crippen LogP contribution in [0.1, 0.15) is 5.56 Å². The van der Waals surface area contributed by atoms with Crippen LogP contribution in [-0.2, 0) is 6.42 Å². The molecule has 0 unspecified atom stereocenters. The number of benzene rings is 1. The third-order valence-electron chi connectivity index (χ3n) is 4.06.